The number of nitrogens with zero attached hydrogens (tertiary/aromatic N) is 2. The van der Waals surface area contributed by atoms with E-state index in [1.807, 2.05) is 0 Å². The van der Waals surface area contributed by atoms with E-state index in [0.717, 1.165) is 24.6 Å². The molecule has 1 aliphatic carbocycles. The number of rotatable bonds is 1. The van der Waals surface area contributed by atoms with Gasteiger partial charge in [-0.05, 0) is 18.8 Å². The molecule has 18 heavy (non-hydrogen) atoms. The third-order valence-corrected chi connectivity index (χ3v) is 4.11. The maximum absolute atomic E-state index is 13.8. The molecule has 0 aliphatic heterocycles. The first-order chi connectivity index (χ1) is 8.65. The van der Waals surface area contributed by atoms with Gasteiger partial charge in [0, 0.05) is 5.92 Å². The van der Waals surface area contributed by atoms with Crippen LogP contribution in [0.15, 0.2) is 6.20 Å². The van der Waals surface area contributed by atoms with Crippen LogP contribution in [0.3, 0.4) is 0 Å². The van der Waals surface area contributed by atoms with Gasteiger partial charge in [-0.2, -0.15) is 0 Å². The summed E-state index contributed by atoms with van der Waals surface area (Å²) in [5.41, 5.74) is 0.939. The lowest BCUT2D eigenvalue weighted by molar-refractivity contribution is 0.341. The normalized spacial score (nSPS) is 24.6. The van der Waals surface area contributed by atoms with E-state index in [1.54, 1.807) is 6.20 Å². The minimum Gasteiger partial charge on any atom is -0.340 e. The van der Waals surface area contributed by atoms with Crippen LogP contribution in [0.2, 0.25) is 5.15 Å². The van der Waals surface area contributed by atoms with Gasteiger partial charge in [-0.3, -0.25) is 0 Å². The Morgan fingerprint density at radius 3 is 2.78 bits per heavy atom. The van der Waals surface area contributed by atoms with Crippen molar-refractivity contribution in [2.45, 2.75) is 38.5 Å². The van der Waals surface area contributed by atoms with Crippen LogP contribution in [0.5, 0.6) is 0 Å². The molecule has 2 aromatic heterocycles. The monoisotopic (exact) mass is 267 g/mol. The maximum Gasteiger partial charge on any atom is 0.188 e. The van der Waals surface area contributed by atoms with E-state index in [4.69, 9.17) is 11.6 Å². The Kier molecular flexibility index (Phi) is 2.98. The lowest BCUT2D eigenvalue weighted by Gasteiger charge is -2.24. The maximum atomic E-state index is 13.8. The van der Waals surface area contributed by atoms with Gasteiger partial charge in [-0.15, -0.1) is 0 Å². The van der Waals surface area contributed by atoms with Crippen molar-refractivity contribution >= 4 is 22.6 Å². The van der Waals surface area contributed by atoms with E-state index >= 15 is 0 Å². The van der Waals surface area contributed by atoms with Crippen LogP contribution in [0.4, 0.5) is 4.39 Å². The standard InChI is InChI=1S/C13H15ClFN3/c1-7-2-4-8(5-3-7)13-17-9-6-16-12(14)10(15)11(9)18-13/h6-8H,2-5H2,1H3,(H,17,18). The van der Waals surface area contributed by atoms with E-state index in [9.17, 15) is 4.39 Å². The highest BCUT2D eigenvalue weighted by Gasteiger charge is 2.23. The number of aromatic amines is 1. The Morgan fingerprint density at radius 1 is 1.33 bits per heavy atom. The second-order valence-corrected chi connectivity index (χ2v) is 5.56. The van der Waals surface area contributed by atoms with Gasteiger partial charge in [-0.1, -0.05) is 31.4 Å². The van der Waals surface area contributed by atoms with Crippen LogP contribution < -0.4 is 0 Å². The number of hydrogen-bond acceptors (Lipinski definition) is 2. The van der Waals surface area contributed by atoms with Crippen molar-refractivity contribution in [1.29, 1.82) is 0 Å². The lowest BCUT2D eigenvalue weighted by atomic mass is 9.83. The molecule has 0 radical (unpaired) electrons. The molecule has 1 aliphatic rings. The summed E-state index contributed by atoms with van der Waals surface area (Å²) in [6.07, 6.45) is 6.20. The number of fused-ring (bicyclic) bond motifs is 1. The molecule has 5 heteroatoms. The van der Waals surface area contributed by atoms with Crippen LogP contribution in [0, 0.1) is 11.7 Å². The van der Waals surface area contributed by atoms with Gasteiger partial charge in [0.1, 0.15) is 11.3 Å². The summed E-state index contributed by atoms with van der Waals surface area (Å²) < 4.78 is 13.8. The van der Waals surface area contributed by atoms with Gasteiger partial charge >= 0.3 is 0 Å². The van der Waals surface area contributed by atoms with Crippen LogP contribution in [0.25, 0.3) is 11.0 Å². The van der Waals surface area contributed by atoms with Crippen LogP contribution in [-0.4, -0.2) is 15.0 Å². The fourth-order valence-corrected chi connectivity index (χ4v) is 2.81. The zero-order chi connectivity index (χ0) is 12.7. The summed E-state index contributed by atoms with van der Waals surface area (Å²) in [5, 5.41) is -0.113. The molecular formula is C13H15ClFN3. The summed E-state index contributed by atoms with van der Waals surface area (Å²) in [4.78, 5) is 11.3. The summed E-state index contributed by atoms with van der Waals surface area (Å²) >= 11 is 5.66. The average molecular weight is 268 g/mol. The zero-order valence-electron chi connectivity index (χ0n) is 10.2. The number of nitrogens with one attached hydrogen (secondary N) is 1. The third kappa shape index (κ3) is 1.99. The van der Waals surface area contributed by atoms with Gasteiger partial charge in [0.05, 0.1) is 11.7 Å². The van der Waals surface area contributed by atoms with E-state index in [0.29, 0.717) is 17.0 Å². The van der Waals surface area contributed by atoms with Crippen molar-refractivity contribution in [3.05, 3.63) is 23.0 Å². The van der Waals surface area contributed by atoms with Crippen LogP contribution in [-0.2, 0) is 0 Å². The highest BCUT2D eigenvalue weighted by Crippen LogP contribution is 2.35. The summed E-state index contributed by atoms with van der Waals surface area (Å²) in [5.74, 6) is 1.55. The smallest absolute Gasteiger partial charge is 0.188 e. The summed E-state index contributed by atoms with van der Waals surface area (Å²) in [6.45, 7) is 2.28. The molecule has 0 aromatic carbocycles. The Bertz CT molecular complexity index is 573. The van der Waals surface area contributed by atoms with Crippen LogP contribution in [0.1, 0.15) is 44.3 Å². The van der Waals surface area contributed by atoms with Gasteiger partial charge in [-0.25, -0.2) is 14.4 Å². The quantitative estimate of drug-likeness (QED) is 0.792. The Hall–Kier alpha value is -1.16. The molecule has 0 bridgehead atoms. The fourth-order valence-electron chi connectivity index (χ4n) is 2.67. The van der Waals surface area contributed by atoms with E-state index in [-0.39, 0.29) is 5.15 Å². The largest absolute Gasteiger partial charge is 0.340 e. The Morgan fingerprint density at radius 2 is 2.06 bits per heavy atom. The van der Waals surface area contributed by atoms with Crippen LogP contribution >= 0.6 is 11.6 Å². The van der Waals surface area contributed by atoms with Crippen molar-refractivity contribution in [1.82, 2.24) is 15.0 Å². The molecule has 3 rings (SSSR count). The van der Waals surface area contributed by atoms with E-state index in [2.05, 4.69) is 21.9 Å². The molecule has 3 nitrogen and oxygen atoms in total. The number of pyridine rings is 1. The molecule has 1 fully saturated rings. The number of hydrogen-bond donors (Lipinski definition) is 1. The van der Waals surface area contributed by atoms with Crippen molar-refractivity contribution < 1.29 is 4.39 Å². The molecule has 1 N–H and O–H groups in total. The SMILES string of the molecule is CC1CCC(c2nc3c(F)c(Cl)ncc3[nH]2)CC1. The first-order valence-electron chi connectivity index (χ1n) is 6.34. The summed E-state index contributed by atoms with van der Waals surface area (Å²) in [6, 6.07) is 0. The number of halogens is 2. The zero-order valence-corrected chi connectivity index (χ0v) is 11.0. The predicted octanol–water partition coefficient (Wildman–Crippen LogP) is 4.04. The third-order valence-electron chi connectivity index (χ3n) is 3.85. The van der Waals surface area contributed by atoms with E-state index in [1.165, 1.54) is 12.8 Å². The molecular weight excluding hydrogens is 253 g/mol. The Balaban J connectivity index is 1.96. The topological polar surface area (TPSA) is 41.6 Å². The highest BCUT2D eigenvalue weighted by atomic mass is 35.5. The second kappa shape index (κ2) is 4.50. The molecule has 2 heterocycles. The van der Waals surface area contributed by atoms with Crippen molar-refractivity contribution in [3.63, 3.8) is 0 Å². The highest BCUT2D eigenvalue weighted by molar-refractivity contribution is 6.30. The fraction of sp³-hybridized carbons (Fsp3) is 0.538. The number of aromatic nitrogens is 3. The predicted molar refractivity (Wildman–Crippen MR) is 69.2 cm³/mol. The van der Waals surface area contributed by atoms with Gasteiger partial charge in [0.2, 0.25) is 0 Å². The molecule has 0 atom stereocenters. The number of H-pyrrole nitrogens is 1. The Labute approximate surface area is 110 Å². The molecule has 2 aromatic rings. The lowest BCUT2D eigenvalue weighted by Crippen LogP contribution is -2.11. The van der Waals surface area contributed by atoms with Crippen molar-refractivity contribution in [3.8, 4) is 0 Å². The van der Waals surface area contributed by atoms with Gasteiger partial charge in [0.25, 0.3) is 0 Å². The van der Waals surface area contributed by atoms with Gasteiger partial charge in [0.15, 0.2) is 11.0 Å². The minimum atomic E-state index is -0.527. The molecule has 0 amide bonds. The van der Waals surface area contributed by atoms with Crippen molar-refractivity contribution in [2.24, 2.45) is 5.92 Å². The van der Waals surface area contributed by atoms with E-state index < -0.39 is 5.82 Å². The minimum absolute atomic E-state index is 0.113. The summed E-state index contributed by atoms with van der Waals surface area (Å²) in [7, 11) is 0. The second-order valence-electron chi connectivity index (χ2n) is 5.20. The number of imidazole rings is 1. The first-order valence-corrected chi connectivity index (χ1v) is 6.72. The molecule has 1 saturated carbocycles. The first kappa shape index (κ1) is 11.9. The molecule has 0 unspecified atom stereocenters. The average Bonchev–Trinajstić information content (AvgIpc) is 2.80. The van der Waals surface area contributed by atoms with Gasteiger partial charge < -0.3 is 4.98 Å². The van der Waals surface area contributed by atoms with Crippen molar-refractivity contribution in [2.75, 3.05) is 0 Å². The molecule has 96 valence electrons. The molecule has 0 saturated heterocycles. The molecule has 0 spiro atoms.